The lowest BCUT2D eigenvalue weighted by Crippen LogP contribution is -2.27. The van der Waals surface area contributed by atoms with E-state index in [2.05, 4.69) is 21.9 Å². The van der Waals surface area contributed by atoms with Crippen LogP contribution in [0, 0.1) is 19.7 Å². The van der Waals surface area contributed by atoms with Crippen molar-refractivity contribution in [3.63, 3.8) is 0 Å². The van der Waals surface area contributed by atoms with Gasteiger partial charge in [0.15, 0.2) is 0 Å². The van der Waals surface area contributed by atoms with E-state index in [0.717, 1.165) is 57.6 Å². The van der Waals surface area contributed by atoms with Crippen molar-refractivity contribution >= 4 is 34.5 Å². The topological polar surface area (TPSA) is 45.5 Å². The van der Waals surface area contributed by atoms with Gasteiger partial charge in [-0.3, -0.25) is 4.79 Å². The Labute approximate surface area is 161 Å². The third-order valence-electron chi connectivity index (χ3n) is 5.36. The SMILES string of the molecule is CSN1CCn2c(C)cc3c(-c4ccc(F)cc4)c(CC(=O)O)c(C)c1c32. The van der Waals surface area contributed by atoms with E-state index >= 15 is 0 Å². The van der Waals surface area contributed by atoms with Crippen LogP contribution < -0.4 is 4.31 Å². The molecule has 1 N–H and O–H groups in total. The van der Waals surface area contributed by atoms with E-state index in [4.69, 9.17) is 0 Å². The number of aliphatic carboxylic acids is 1. The number of aromatic nitrogens is 1. The Morgan fingerprint density at radius 2 is 1.93 bits per heavy atom. The van der Waals surface area contributed by atoms with Gasteiger partial charge < -0.3 is 14.0 Å². The van der Waals surface area contributed by atoms with E-state index in [1.165, 1.54) is 12.1 Å². The first kappa shape index (κ1) is 17.9. The number of carboxylic acid groups (broad SMARTS) is 1. The molecule has 0 saturated heterocycles. The summed E-state index contributed by atoms with van der Waals surface area (Å²) in [7, 11) is 0. The fourth-order valence-corrected chi connectivity index (χ4v) is 4.86. The molecule has 0 fully saturated rings. The standard InChI is InChI=1S/C21H21FN2O2S/c1-12-10-17-19(14-4-6-15(22)7-5-14)16(11-18(25)26)13(2)20-21(17)23(12)8-9-24(20)27-3/h4-7,10H,8-9,11H2,1-3H3,(H,25,26). The highest BCUT2D eigenvalue weighted by Gasteiger charge is 2.28. The van der Waals surface area contributed by atoms with Gasteiger partial charge in [0.2, 0.25) is 0 Å². The maximum atomic E-state index is 13.5. The molecule has 1 aliphatic heterocycles. The normalized spacial score (nSPS) is 13.4. The van der Waals surface area contributed by atoms with Crippen molar-refractivity contribution < 1.29 is 14.3 Å². The van der Waals surface area contributed by atoms with E-state index in [9.17, 15) is 14.3 Å². The Kier molecular flexibility index (Phi) is 4.38. The smallest absolute Gasteiger partial charge is 0.307 e. The minimum atomic E-state index is -0.865. The van der Waals surface area contributed by atoms with Crippen LogP contribution in [0.3, 0.4) is 0 Å². The second-order valence-electron chi connectivity index (χ2n) is 6.89. The summed E-state index contributed by atoms with van der Waals surface area (Å²) in [5.41, 5.74) is 6.92. The van der Waals surface area contributed by atoms with Crippen LogP contribution in [-0.4, -0.2) is 28.4 Å². The third kappa shape index (κ3) is 2.79. The lowest BCUT2D eigenvalue weighted by Gasteiger charge is -2.32. The second kappa shape index (κ2) is 6.60. The molecule has 4 nitrogen and oxygen atoms in total. The molecule has 0 atom stereocenters. The second-order valence-corrected chi connectivity index (χ2v) is 7.69. The summed E-state index contributed by atoms with van der Waals surface area (Å²) in [6, 6.07) is 8.46. The van der Waals surface area contributed by atoms with Crippen LogP contribution in [0.15, 0.2) is 30.3 Å². The van der Waals surface area contributed by atoms with Crippen LogP contribution >= 0.6 is 11.9 Å². The molecule has 2 aromatic carbocycles. The zero-order chi connectivity index (χ0) is 19.3. The molecule has 27 heavy (non-hydrogen) atoms. The molecule has 1 aliphatic rings. The molecule has 0 amide bonds. The Morgan fingerprint density at radius 1 is 1.22 bits per heavy atom. The maximum Gasteiger partial charge on any atom is 0.307 e. The molecule has 4 rings (SSSR count). The maximum absolute atomic E-state index is 13.5. The highest BCUT2D eigenvalue weighted by Crippen LogP contribution is 2.46. The van der Waals surface area contributed by atoms with Crippen LogP contribution in [0.25, 0.3) is 22.0 Å². The molecule has 0 radical (unpaired) electrons. The van der Waals surface area contributed by atoms with Crippen LogP contribution in [0.1, 0.15) is 16.8 Å². The largest absolute Gasteiger partial charge is 0.481 e. The molecule has 6 heteroatoms. The summed E-state index contributed by atoms with van der Waals surface area (Å²) >= 11 is 1.66. The molecule has 0 aliphatic carbocycles. The van der Waals surface area contributed by atoms with E-state index in [-0.39, 0.29) is 12.2 Å². The predicted molar refractivity (Wildman–Crippen MR) is 109 cm³/mol. The number of benzene rings is 2. The fourth-order valence-electron chi connectivity index (χ4n) is 4.19. The van der Waals surface area contributed by atoms with Crippen molar-refractivity contribution in [2.75, 3.05) is 17.1 Å². The first-order chi connectivity index (χ1) is 12.9. The fraction of sp³-hybridized carbons (Fsp3) is 0.286. The third-order valence-corrected chi connectivity index (χ3v) is 6.17. The lowest BCUT2D eigenvalue weighted by molar-refractivity contribution is -0.136. The van der Waals surface area contributed by atoms with Crippen molar-refractivity contribution in [1.82, 2.24) is 4.57 Å². The minimum absolute atomic E-state index is 0.0616. The first-order valence-electron chi connectivity index (χ1n) is 8.87. The van der Waals surface area contributed by atoms with E-state index < -0.39 is 5.97 Å². The molecule has 2 heterocycles. The van der Waals surface area contributed by atoms with Gasteiger partial charge in [-0.15, -0.1) is 0 Å². The van der Waals surface area contributed by atoms with Gasteiger partial charge in [0.1, 0.15) is 5.82 Å². The van der Waals surface area contributed by atoms with E-state index in [0.29, 0.717) is 0 Å². The first-order valence-corrected chi connectivity index (χ1v) is 10.0. The van der Waals surface area contributed by atoms with Crippen molar-refractivity contribution in [3.05, 3.63) is 53.0 Å². The summed E-state index contributed by atoms with van der Waals surface area (Å²) < 4.78 is 18.0. The van der Waals surface area contributed by atoms with E-state index in [1.807, 2.05) is 13.2 Å². The van der Waals surface area contributed by atoms with Crippen molar-refractivity contribution in [2.24, 2.45) is 0 Å². The Hall–Kier alpha value is -2.47. The molecule has 1 aromatic heterocycles. The van der Waals surface area contributed by atoms with Gasteiger partial charge >= 0.3 is 5.97 Å². The number of anilines is 1. The van der Waals surface area contributed by atoms with Gasteiger partial charge in [0.25, 0.3) is 0 Å². The monoisotopic (exact) mass is 384 g/mol. The van der Waals surface area contributed by atoms with Gasteiger partial charge in [-0.05, 0) is 54.3 Å². The van der Waals surface area contributed by atoms with Gasteiger partial charge in [-0.1, -0.05) is 24.1 Å². The Balaban J connectivity index is 2.14. The number of hydrogen-bond acceptors (Lipinski definition) is 3. The number of carboxylic acids is 1. The minimum Gasteiger partial charge on any atom is -0.481 e. The molecule has 140 valence electrons. The number of carbonyl (C=O) groups is 1. The zero-order valence-electron chi connectivity index (χ0n) is 15.5. The Bertz CT molecular complexity index is 1060. The van der Waals surface area contributed by atoms with Gasteiger partial charge in [-0.2, -0.15) is 0 Å². The summed E-state index contributed by atoms with van der Waals surface area (Å²) in [4.78, 5) is 11.6. The van der Waals surface area contributed by atoms with Gasteiger partial charge in [0, 0.05) is 30.4 Å². The van der Waals surface area contributed by atoms with Gasteiger partial charge in [-0.25, -0.2) is 4.39 Å². The number of halogens is 1. The molecule has 0 unspecified atom stereocenters. The molecule has 0 spiro atoms. The zero-order valence-corrected chi connectivity index (χ0v) is 16.4. The van der Waals surface area contributed by atoms with Crippen LogP contribution in [0.2, 0.25) is 0 Å². The quantitative estimate of drug-likeness (QED) is 0.657. The summed E-state index contributed by atoms with van der Waals surface area (Å²) in [5.74, 6) is -1.16. The number of rotatable bonds is 4. The summed E-state index contributed by atoms with van der Waals surface area (Å²) in [6.07, 6.45) is 1.98. The summed E-state index contributed by atoms with van der Waals surface area (Å²) in [6.45, 7) is 5.85. The molecular weight excluding hydrogens is 363 g/mol. The van der Waals surface area contributed by atoms with Crippen molar-refractivity contribution in [3.8, 4) is 11.1 Å². The summed E-state index contributed by atoms with van der Waals surface area (Å²) in [5, 5.41) is 10.6. The Morgan fingerprint density at radius 3 is 2.56 bits per heavy atom. The molecular formula is C21H21FN2O2S. The average Bonchev–Trinajstić information content (AvgIpc) is 2.97. The highest BCUT2D eigenvalue weighted by molar-refractivity contribution is 8.00. The number of aryl methyl sites for hydroxylation is 1. The average molecular weight is 384 g/mol. The lowest BCUT2D eigenvalue weighted by atomic mass is 9.89. The highest BCUT2D eigenvalue weighted by atomic mass is 32.2. The van der Waals surface area contributed by atoms with Crippen LogP contribution in [0.4, 0.5) is 10.1 Å². The molecule has 3 aromatic rings. The predicted octanol–water partition coefficient (Wildman–Crippen LogP) is 4.79. The van der Waals surface area contributed by atoms with Crippen LogP contribution in [-0.2, 0) is 17.8 Å². The van der Waals surface area contributed by atoms with Gasteiger partial charge in [0.05, 0.1) is 17.6 Å². The van der Waals surface area contributed by atoms with Crippen molar-refractivity contribution in [1.29, 1.82) is 0 Å². The van der Waals surface area contributed by atoms with E-state index in [1.54, 1.807) is 24.1 Å². The van der Waals surface area contributed by atoms with Crippen LogP contribution in [0.5, 0.6) is 0 Å². The van der Waals surface area contributed by atoms with Crippen molar-refractivity contribution in [2.45, 2.75) is 26.8 Å². The number of nitrogens with zero attached hydrogens (tertiary/aromatic N) is 2. The molecule has 0 saturated carbocycles. The number of hydrogen-bond donors (Lipinski definition) is 1. The molecule has 0 bridgehead atoms.